The Morgan fingerprint density at radius 3 is 2.34 bits per heavy atom. The quantitative estimate of drug-likeness (QED) is 0.516. The molecule has 0 aliphatic carbocycles. The van der Waals surface area contributed by atoms with Gasteiger partial charge in [-0.1, -0.05) is 55.8 Å². The van der Waals surface area contributed by atoms with Crippen molar-refractivity contribution in [2.75, 3.05) is 6.54 Å². The molecule has 1 aliphatic rings. The summed E-state index contributed by atoms with van der Waals surface area (Å²) in [7, 11) is -4.03. The van der Waals surface area contributed by atoms with Crippen molar-refractivity contribution in [2.45, 2.75) is 63.6 Å². The summed E-state index contributed by atoms with van der Waals surface area (Å²) in [5.74, 6) is -1.40. The van der Waals surface area contributed by atoms with E-state index in [0.29, 0.717) is 17.0 Å². The molecule has 188 valence electrons. The van der Waals surface area contributed by atoms with Gasteiger partial charge >= 0.3 is 0 Å². The zero-order valence-electron chi connectivity index (χ0n) is 20.0. The number of hydrogen-bond donors (Lipinski definition) is 1. The summed E-state index contributed by atoms with van der Waals surface area (Å²) in [5, 5.41) is 3.37. The zero-order chi connectivity index (χ0) is 25.8. The van der Waals surface area contributed by atoms with E-state index in [1.165, 1.54) is 17.0 Å². The first-order chi connectivity index (χ1) is 16.6. The molecule has 0 saturated carbocycles. The van der Waals surface area contributed by atoms with Crippen LogP contribution >= 0.6 is 11.6 Å². The van der Waals surface area contributed by atoms with Gasteiger partial charge in [0.2, 0.25) is 11.8 Å². The van der Waals surface area contributed by atoms with Crippen LogP contribution < -0.4 is 5.32 Å². The van der Waals surface area contributed by atoms with Gasteiger partial charge in [-0.3, -0.25) is 14.4 Å². The van der Waals surface area contributed by atoms with Crippen LogP contribution in [-0.2, 0) is 26.2 Å². The number of carbonyl (C=O) groups excluding carboxylic acids is 3. The van der Waals surface area contributed by atoms with Crippen molar-refractivity contribution >= 4 is 39.3 Å². The molecule has 1 heterocycles. The highest BCUT2D eigenvalue weighted by molar-refractivity contribution is 7.90. The molecule has 2 aromatic rings. The van der Waals surface area contributed by atoms with Gasteiger partial charge in [-0.25, -0.2) is 12.7 Å². The third kappa shape index (κ3) is 5.67. The number of amides is 3. The van der Waals surface area contributed by atoms with E-state index in [9.17, 15) is 22.8 Å². The maximum atomic E-state index is 13.4. The maximum Gasteiger partial charge on any atom is 0.269 e. The number of fused-ring (bicyclic) bond motifs is 1. The van der Waals surface area contributed by atoms with Crippen molar-refractivity contribution in [3.8, 4) is 0 Å². The first kappa shape index (κ1) is 26.7. The number of nitrogens with one attached hydrogen (secondary N) is 1. The molecular formula is C25H30ClN3O5S. The van der Waals surface area contributed by atoms with Crippen LogP contribution in [0.25, 0.3) is 0 Å². The molecule has 10 heteroatoms. The van der Waals surface area contributed by atoms with Gasteiger partial charge in [0.15, 0.2) is 0 Å². The van der Waals surface area contributed by atoms with Crippen LogP contribution in [0.3, 0.4) is 0 Å². The van der Waals surface area contributed by atoms with Crippen molar-refractivity contribution in [1.82, 2.24) is 14.5 Å². The number of carbonyl (C=O) groups is 3. The fourth-order valence-corrected chi connectivity index (χ4v) is 5.73. The van der Waals surface area contributed by atoms with Crippen LogP contribution in [-0.4, -0.2) is 54.0 Å². The molecule has 3 rings (SSSR count). The van der Waals surface area contributed by atoms with E-state index in [4.69, 9.17) is 11.6 Å². The topological polar surface area (TPSA) is 104 Å². The standard InChI is InChI=1S/C25H30ClN3O5S/c1-4-17(3)27-24(31)21(5-2)28(16-18-10-6-8-12-20(18)26)23(30)14-15-29-25(32)19-11-7-9-13-22(19)35(29,33)34/h6-13,17,21H,4-5,14-16H2,1-3H3,(H,27,31). The molecule has 0 aromatic heterocycles. The smallest absolute Gasteiger partial charge is 0.269 e. The zero-order valence-corrected chi connectivity index (χ0v) is 21.6. The molecule has 0 saturated heterocycles. The second kappa shape index (κ2) is 11.2. The number of sulfonamides is 1. The van der Waals surface area contributed by atoms with Crippen molar-refractivity contribution < 1.29 is 22.8 Å². The molecule has 0 radical (unpaired) electrons. The maximum absolute atomic E-state index is 13.4. The first-order valence-electron chi connectivity index (χ1n) is 11.6. The van der Waals surface area contributed by atoms with Crippen LogP contribution in [0.1, 0.15) is 56.0 Å². The Morgan fingerprint density at radius 2 is 1.71 bits per heavy atom. The minimum absolute atomic E-state index is 0.0651. The molecule has 0 bridgehead atoms. The van der Waals surface area contributed by atoms with E-state index in [2.05, 4.69) is 5.32 Å². The Balaban J connectivity index is 1.84. The molecule has 1 aliphatic heterocycles. The van der Waals surface area contributed by atoms with Gasteiger partial charge in [0, 0.05) is 30.6 Å². The van der Waals surface area contributed by atoms with Crippen LogP contribution in [0.15, 0.2) is 53.4 Å². The lowest BCUT2D eigenvalue weighted by molar-refractivity contribution is -0.141. The number of rotatable bonds is 10. The molecule has 2 unspecified atom stereocenters. The SMILES string of the molecule is CCC(C)NC(=O)C(CC)N(Cc1ccccc1Cl)C(=O)CCN1C(=O)c2ccccc2S1(=O)=O. The number of benzene rings is 2. The molecule has 3 amide bonds. The summed E-state index contributed by atoms with van der Waals surface area (Å²) in [6, 6.07) is 12.1. The van der Waals surface area contributed by atoms with Crippen molar-refractivity contribution in [3.05, 3.63) is 64.7 Å². The lowest BCUT2D eigenvalue weighted by Crippen LogP contribution is -2.51. The largest absolute Gasteiger partial charge is 0.352 e. The van der Waals surface area contributed by atoms with Gasteiger partial charge in [0.25, 0.3) is 15.9 Å². The van der Waals surface area contributed by atoms with Crippen LogP contribution in [0.5, 0.6) is 0 Å². The van der Waals surface area contributed by atoms with Crippen molar-refractivity contribution in [1.29, 1.82) is 0 Å². The van der Waals surface area contributed by atoms with Crippen molar-refractivity contribution in [3.63, 3.8) is 0 Å². The predicted octanol–water partition coefficient (Wildman–Crippen LogP) is 3.60. The Labute approximate surface area is 211 Å². The second-order valence-corrected chi connectivity index (χ2v) is 10.7. The lowest BCUT2D eigenvalue weighted by Gasteiger charge is -2.32. The first-order valence-corrected chi connectivity index (χ1v) is 13.4. The number of hydrogen-bond acceptors (Lipinski definition) is 5. The number of nitrogens with zero attached hydrogens (tertiary/aromatic N) is 2. The summed E-state index contributed by atoms with van der Waals surface area (Å²) >= 11 is 6.33. The predicted molar refractivity (Wildman–Crippen MR) is 133 cm³/mol. The molecule has 2 aromatic carbocycles. The summed E-state index contributed by atoms with van der Waals surface area (Å²) in [6.07, 6.45) is 0.817. The van der Waals surface area contributed by atoms with Crippen LogP contribution in [0, 0.1) is 0 Å². The monoisotopic (exact) mass is 519 g/mol. The summed E-state index contributed by atoms with van der Waals surface area (Å²) in [6.45, 7) is 5.39. The highest BCUT2D eigenvalue weighted by atomic mass is 35.5. The normalized spacial score (nSPS) is 15.9. The van der Waals surface area contributed by atoms with Gasteiger partial charge in [-0.05, 0) is 43.5 Å². The Kier molecular flexibility index (Phi) is 8.56. The van der Waals surface area contributed by atoms with Gasteiger partial charge in [-0.2, -0.15) is 0 Å². The van der Waals surface area contributed by atoms with E-state index in [1.54, 1.807) is 43.3 Å². The Morgan fingerprint density at radius 1 is 1.06 bits per heavy atom. The lowest BCUT2D eigenvalue weighted by atomic mass is 10.1. The highest BCUT2D eigenvalue weighted by Gasteiger charge is 2.41. The minimum Gasteiger partial charge on any atom is -0.352 e. The summed E-state index contributed by atoms with van der Waals surface area (Å²) in [4.78, 5) is 40.5. The van der Waals surface area contributed by atoms with Gasteiger partial charge in [0.1, 0.15) is 10.9 Å². The molecular weight excluding hydrogens is 490 g/mol. The molecule has 1 N–H and O–H groups in total. The fraction of sp³-hybridized carbons (Fsp3) is 0.400. The highest BCUT2D eigenvalue weighted by Crippen LogP contribution is 2.30. The average molecular weight is 520 g/mol. The molecule has 0 spiro atoms. The van der Waals surface area contributed by atoms with Gasteiger partial charge in [-0.15, -0.1) is 0 Å². The Hall–Kier alpha value is -2.91. The third-order valence-electron chi connectivity index (χ3n) is 6.13. The molecule has 0 fully saturated rings. The average Bonchev–Trinajstić information content (AvgIpc) is 3.03. The van der Waals surface area contributed by atoms with E-state index in [-0.39, 0.29) is 41.9 Å². The molecule has 35 heavy (non-hydrogen) atoms. The minimum atomic E-state index is -4.03. The third-order valence-corrected chi connectivity index (χ3v) is 8.34. The van der Waals surface area contributed by atoms with E-state index < -0.39 is 27.9 Å². The number of halogens is 1. The van der Waals surface area contributed by atoms with Gasteiger partial charge in [0.05, 0.1) is 5.56 Å². The summed E-state index contributed by atoms with van der Waals surface area (Å²) < 4.78 is 26.5. The molecule has 8 nitrogen and oxygen atoms in total. The van der Waals surface area contributed by atoms with Crippen LogP contribution in [0.4, 0.5) is 0 Å². The van der Waals surface area contributed by atoms with E-state index in [1.807, 2.05) is 13.8 Å². The second-order valence-electron chi connectivity index (χ2n) is 8.48. The van der Waals surface area contributed by atoms with E-state index in [0.717, 1.165) is 10.7 Å². The van der Waals surface area contributed by atoms with Crippen LogP contribution in [0.2, 0.25) is 5.02 Å². The van der Waals surface area contributed by atoms with Gasteiger partial charge < -0.3 is 10.2 Å². The van der Waals surface area contributed by atoms with Crippen molar-refractivity contribution in [2.24, 2.45) is 0 Å². The van der Waals surface area contributed by atoms with E-state index >= 15 is 0 Å². The fourth-order valence-electron chi connectivity index (χ4n) is 3.96. The Bertz CT molecular complexity index is 1220. The summed E-state index contributed by atoms with van der Waals surface area (Å²) in [5.41, 5.74) is 0.752. The molecule has 2 atom stereocenters.